The monoisotopic (exact) mass is 377 g/mol. The molecule has 1 aromatic rings. The van der Waals surface area contributed by atoms with Crippen molar-refractivity contribution in [1.82, 2.24) is 5.32 Å². The van der Waals surface area contributed by atoms with E-state index < -0.39 is 11.9 Å². The molecule has 0 fully saturated rings. The molecule has 1 unspecified atom stereocenters. The number of hydrogen-bond donors (Lipinski definition) is 2. The first kappa shape index (κ1) is 15.2. The van der Waals surface area contributed by atoms with Crippen LogP contribution in [-0.4, -0.2) is 23.5 Å². The molecule has 0 bridgehead atoms. The molecule has 0 radical (unpaired) electrons. The molecule has 1 rings (SSSR count). The number of halogens is 2. The molecule has 98 valence electrons. The Kier molecular flexibility index (Phi) is 5.81. The number of rotatable bonds is 5. The average molecular weight is 379 g/mol. The van der Waals surface area contributed by atoms with Gasteiger partial charge in [-0.1, -0.05) is 38.8 Å². The SMILES string of the molecule is CCC(CNC(=O)c1cc(Br)cc(Br)c1)C(=O)O. The van der Waals surface area contributed by atoms with Gasteiger partial charge < -0.3 is 10.4 Å². The van der Waals surface area contributed by atoms with Crippen LogP contribution in [0.25, 0.3) is 0 Å². The van der Waals surface area contributed by atoms with Crippen LogP contribution in [0.3, 0.4) is 0 Å². The minimum Gasteiger partial charge on any atom is -0.481 e. The zero-order valence-electron chi connectivity index (χ0n) is 9.74. The van der Waals surface area contributed by atoms with E-state index in [-0.39, 0.29) is 12.5 Å². The van der Waals surface area contributed by atoms with Crippen molar-refractivity contribution in [2.75, 3.05) is 6.54 Å². The molecular formula is C12H13Br2NO3. The molecule has 0 aliphatic heterocycles. The lowest BCUT2D eigenvalue weighted by molar-refractivity contribution is -0.141. The molecule has 0 aromatic heterocycles. The normalized spacial score (nSPS) is 11.9. The van der Waals surface area contributed by atoms with Crippen molar-refractivity contribution >= 4 is 43.7 Å². The van der Waals surface area contributed by atoms with E-state index in [0.717, 1.165) is 8.95 Å². The molecule has 1 atom stereocenters. The summed E-state index contributed by atoms with van der Waals surface area (Å²) < 4.78 is 1.57. The van der Waals surface area contributed by atoms with E-state index in [1.807, 2.05) is 6.07 Å². The van der Waals surface area contributed by atoms with E-state index >= 15 is 0 Å². The number of aliphatic carboxylic acids is 1. The van der Waals surface area contributed by atoms with Crippen molar-refractivity contribution in [1.29, 1.82) is 0 Å². The average Bonchev–Trinajstić information content (AvgIpc) is 2.27. The van der Waals surface area contributed by atoms with Gasteiger partial charge in [-0.05, 0) is 24.6 Å². The van der Waals surface area contributed by atoms with Crippen molar-refractivity contribution in [3.63, 3.8) is 0 Å². The van der Waals surface area contributed by atoms with Crippen LogP contribution in [-0.2, 0) is 4.79 Å². The van der Waals surface area contributed by atoms with Crippen LogP contribution in [0.4, 0.5) is 0 Å². The summed E-state index contributed by atoms with van der Waals surface area (Å²) in [6.07, 6.45) is 0.484. The van der Waals surface area contributed by atoms with E-state index in [9.17, 15) is 9.59 Å². The molecular weight excluding hydrogens is 366 g/mol. The molecule has 1 amide bonds. The summed E-state index contributed by atoms with van der Waals surface area (Å²) in [5.41, 5.74) is 0.483. The topological polar surface area (TPSA) is 66.4 Å². The van der Waals surface area contributed by atoms with E-state index in [1.54, 1.807) is 19.1 Å². The number of hydrogen-bond acceptors (Lipinski definition) is 2. The Morgan fingerprint density at radius 2 is 1.83 bits per heavy atom. The molecule has 0 saturated heterocycles. The van der Waals surface area contributed by atoms with Crippen LogP contribution < -0.4 is 5.32 Å². The Labute approximate surface area is 122 Å². The Balaban J connectivity index is 2.68. The van der Waals surface area contributed by atoms with Gasteiger partial charge in [0.25, 0.3) is 5.91 Å². The predicted octanol–water partition coefficient (Wildman–Crippen LogP) is 3.05. The second kappa shape index (κ2) is 6.89. The highest BCUT2D eigenvalue weighted by molar-refractivity contribution is 9.11. The zero-order chi connectivity index (χ0) is 13.7. The molecule has 4 nitrogen and oxygen atoms in total. The summed E-state index contributed by atoms with van der Waals surface area (Å²) >= 11 is 6.59. The first-order valence-corrected chi connectivity index (χ1v) is 6.99. The fourth-order valence-corrected chi connectivity index (χ4v) is 2.70. The Morgan fingerprint density at radius 3 is 2.28 bits per heavy atom. The largest absolute Gasteiger partial charge is 0.481 e. The maximum atomic E-state index is 11.8. The number of carbonyl (C=O) groups excluding carboxylic acids is 1. The third-order valence-corrected chi connectivity index (χ3v) is 3.39. The second-order valence-electron chi connectivity index (χ2n) is 3.81. The maximum Gasteiger partial charge on any atom is 0.308 e. The number of benzene rings is 1. The Hall–Kier alpha value is -0.880. The summed E-state index contributed by atoms with van der Waals surface area (Å²) in [7, 11) is 0. The van der Waals surface area contributed by atoms with Gasteiger partial charge in [0.1, 0.15) is 0 Å². The lowest BCUT2D eigenvalue weighted by atomic mass is 10.1. The van der Waals surface area contributed by atoms with Crippen molar-refractivity contribution in [2.24, 2.45) is 5.92 Å². The van der Waals surface area contributed by atoms with Crippen molar-refractivity contribution in [2.45, 2.75) is 13.3 Å². The fourth-order valence-electron chi connectivity index (χ4n) is 1.41. The van der Waals surface area contributed by atoms with Gasteiger partial charge in [-0.15, -0.1) is 0 Å². The fraction of sp³-hybridized carbons (Fsp3) is 0.333. The van der Waals surface area contributed by atoms with Crippen molar-refractivity contribution in [3.8, 4) is 0 Å². The lowest BCUT2D eigenvalue weighted by Gasteiger charge is -2.11. The number of carbonyl (C=O) groups is 2. The van der Waals surface area contributed by atoms with Crippen LogP contribution >= 0.6 is 31.9 Å². The molecule has 0 heterocycles. The van der Waals surface area contributed by atoms with E-state index in [1.165, 1.54) is 0 Å². The first-order chi connectivity index (χ1) is 8.43. The van der Waals surface area contributed by atoms with Gasteiger partial charge in [0.15, 0.2) is 0 Å². The van der Waals surface area contributed by atoms with Gasteiger partial charge in [-0.25, -0.2) is 0 Å². The third kappa shape index (κ3) is 4.42. The van der Waals surface area contributed by atoms with E-state index in [4.69, 9.17) is 5.11 Å². The van der Waals surface area contributed by atoms with Crippen LogP contribution in [0.15, 0.2) is 27.1 Å². The van der Waals surface area contributed by atoms with Gasteiger partial charge in [0.2, 0.25) is 0 Å². The van der Waals surface area contributed by atoms with Gasteiger partial charge in [-0.3, -0.25) is 9.59 Å². The molecule has 18 heavy (non-hydrogen) atoms. The van der Waals surface area contributed by atoms with Gasteiger partial charge >= 0.3 is 5.97 Å². The number of carboxylic acids is 1. The van der Waals surface area contributed by atoms with E-state index in [2.05, 4.69) is 37.2 Å². The van der Waals surface area contributed by atoms with Crippen LogP contribution in [0.1, 0.15) is 23.7 Å². The van der Waals surface area contributed by atoms with Gasteiger partial charge in [0, 0.05) is 21.1 Å². The first-order valence-electron chi connectivity index (χ1n) is 5.41. The third-order valence-electron chi connectivity index (χ3n) is 2.48. The second-order valence-corrected chi connectivity index (χ2v) is 5.64. The highest BCUT2D eigenvalue weighted by Gasteiger charge is 2.16. The molecule has 0 aliphatic rings. The van der Waals surface area contributed by atoms with Crippen LogP contribution in [0.2, 0.25) is 0 Å². The molecule has 1 aromatic carbocycles. The van der Waals surface area contributed by atoms with Crippen molar-refractivity contribution in [3.05, 3.63) is 32.7 Å². The molecule has 0 spiro atoms. The predicted molar refractivity (Wildman–Crippen MR) is 75.6 cm³/mol. The summed E-state index contributed by atoms with van der Waals surface area (Å²) in [5, 5.41) is 11.5. The Morgan fingerprint density at radius 1 is 1.28 bits per heavy atom. The number of nitrogens with one attached hydrogen (secondary N) is 1. The lowest BCUT2D eigenvalue weighted by Crippen LogP contribution is -2.32. The van der Waals surface area contributed by atoms with Crippen molar-refractivity contribution < 1.29 is 14.7 Å². The molecule has 0 aliphatic carbocycles. The summed E-state index contributed by atoms with van der Waals surface area (Å²) in [6, 6.07) is 5.19. The Bertz CT molecular complexity index is 442. The zero-order valence-corrected chi connectivity index (χ0v) is 12.9. The highest BCUT2D eigenvalue weighted by atomic mass is 79.9. The summed E-state index contributed by atoms with van der Waals surface area (Å²) in [5.74, 6) is -1.73. The van der Waals surface area contributed by atoms with Gasteiger partial charge in [0.05, 0.1) is 5.92 Å². The maximum absolute atomic E-state index is 11.8. The molecule has 6 heteroatoms. The smallest absolute Gasteiger partial charge is 0.308 e. The molecule has 2 N–H and O–H groups in total. The van der Waals surface area contributed by atoms with Crippen LogP contribution in [0, 0.1) is 5.92 Å². The number of amides is 1. The summed E-state index contributed by atoms with van der Waals surface area (Å²) in [6.45, 7) is 1.91. The van der Waals surface area contributed by atoms with E-state index in [0.29, 0.717) is 12.0 Å². The van der Waals surface area contributed by atoms with Crippen LogP contribution in [0.5, 0.6) is 0 Å². The highest BCUT2D eigenvalue weighted by Crippen LogP contribution is 2.20. The number of carboxylic acid groups (broad SMARTS) is 1. The molecule has 0 saturated carbocycles. The van der Waals surface area contributed by atoms with Gasteiger partial charge in [-0.2, -0.15) is 0 Å². The quantitative estimate of drug-likeness (QED) is 0.827. The minimum absolute atomic E-state index is 0.134. The minimum atomic E-state index is -0.895. The summed E-state index contributed by atoms with van der Waals surface area (Å²) in [4.78, 5) is 22.7. The standard InChI is InChI=1S/C12H13Br2NO3/c1-2-7(12(17)18)6-15-11(16)8-3-9(13)5-10(14)4-8/h3-5,7H,2,6H2,1H3,(H,15,16)(H,17,18).